The van der Waals surface area contributed by atoms with E-state index in [-0.39, 0.29) is 12.0 Å². The Morgan fingerprint density at radius 3 is 2.65 bits per heavy atom. The number of hydrogen-bond donors (Lipinski definition) is 3. The zero-order valence-corrected chi connectivity index (χ0v) is 10.8. The van der Waals surface area contributed by atoms with E-state index in [4.69, 9.17) is 9.84 Å². The molecule has 1 fully saturated rings. The molecule has 2 heterocycles. The normalized spacial score (nSPS) is 41.5. The fraction of sp³-hybridized carbons (Fsp3) is 0.909. The summed E-state index contributed by atoms with van der Waals surface area (Å²) in [5.74, 6) is 0.497. The third-order valence-corrected chi connectivity index (χ3v) is 4.14. The maximum absolute atomic E-state index is 9.94. The third kappa shape index (κ3) is 2.66. The second-order valence-corrected chi connectivity index (χ2v) is 6.11. The smallest absolute Gasteiger partial charge is 0.134 e. The van der Waals surface area contributed by atoms with E-state index < -0.39 is 24.4 Å². The minimum atomic E-state index is -1.07. The number of thioether (sulfide) groups is 1. The Bertz CT molecular complexity index is 310. The summed E-state index contributed by atoms with van der Waals surface area (Å²) in [5.41, 5.74) is -0.278. The van der Waals surface area contributed by atoms with Crippen LogP contribution in [-0.4, -0.2) is 56.8 Å². The molecule has 5 atom stereocenters. The van der Waals surface area contributed by atoms with Crippen LogP contribution < -0.4 is 0 Å². The van der Waals surface area contributed by atoms with Crippen molar-refractivity contribution in [2.45, 2.75) is 50.1 Å². The van der Waals surface area contributed by atoms with Crippen molar-refractivity contribution < 1.29 is 20.1 Å². The van der Waals surface area contributed by atoms with Crippen LogP contribution in [0.2, 0.25) is 0 Å². The lowest BCUT2D eigenvalue weighted by molar-refractivity contribution is -0.164. The van der Waals surface area contributed by atoms with Crippen LogP contribution in [0.5, 0.6) is 0 Å². The van der Waals surface area contributed by atoms with Crippen LogP contribution >= 0.6 is 11.8 Å². The first-order valence-corrected chi connectivity index (χ1v) is 6.76. The van der Waals surface area contributed by atoms with Crippen LogP contribution in [0.3, 0.4) is 0 Å². The molecule has 2 rings (SSSR count). The molecule has 0 bridgehead atoms. The van der Waals surface area contributed by atoms with Crippen molar-refractivity contribution in [2.75, 3.05) is 6.61 Å². The van der Waals surface area contributed by atoms with E-state index in [0.29, 0.717) is 5.92 Å². The first-order chi connectivity index (χ1) is 8.02. The highest BCUT2D eigenvalue weighted by Gasteiger charge is 2.47. The van der Waals surface area contributed by atoms with Gasteiger partial charge in [0.25, 0.3) is 0 Å². The molecular formula is C11H19NO4S. The molecule has 0 aromatic carbocycles. The van der Waals surface area contributed by atoms with E-state index in [9.17, 15) is 10.2 Å². The van der Waals surface area contributed by atoms with Crippen LogP contribution in [0.4, 0.5) is 0 Å². The molecule has 3 unspecified atom stereocenters. The lowest BCUT2D eigenvalue weighted by atomic mass is 9.99. The van der Waals surface area contributed by atoms with E-state index in [1.807, 2.05) is 0 Å². The highest BCUT2D eigenvalue weighted by Crippen LogP contribution is 2.37. The van der Waals surface area contributed by atoms with Gasteiger partial charge in [-0.05, 0) is 12.3 Å². The Labute approximate surface area is 105 Å². The maximum atomic E-state index is 9.94. The highest BCUT2D eigenvalue weighted by atomic mass is 32.2. The van der Waals surface area contributed by atoms with Crippen molar-refractivity contribution in [1.29, 1.82) is 0 Å². The zero-order chi connectivity index (χ0) is 12.6. The molecule has 3 N–H and O–H groups in total. The topological polar surface area (TPSA) is 82.3 Å². The molecule has 0 radical (unpaired) electrons. The van der Waals surface area contributed by atoms with Crippen molar-refractivity contribution in [3.63, 3.8) is 0 Å². The summed E-state index contributed by atoms with van der Waals surface area (Å²) < 4.78 is 5.54. The van der Waals surface area contributed by atoms with Gasteiger partial charge >= 0.3 is 0 Å². The van der Waals surface area contributed by atoms with E-state index in [1.54, 1.807) is 0 Å². The Morgan fingerprint density at radius 1 is 1.35 bits per heavy atom. The molecule has 0 aliphatic carbocycles. The second-order valence-electron chi connectivity index (χ2n) is 4.94. The molecule has 2 aliphatic rings. The van der Waals surface area contributed by atoms with Crippen molar-refractivity contribution in [1.82, 2.24) is 0 Å². The molecule has 5 nitrogen and oxygen atoms in total. The minimum Gasteiger partial charge on any atom is -0.394 e. The number of ether oxygens (including phenoxy) is 1. The molecular weight excluding hydrogens is 242 g/mol. The summed E-state index contributed by atoms with van der Waals surface area (Å²) in [5, 5.41) is 29.7. The van der Waals surface area contributed by atoms with Crippen molar-refractivity contribution >= 4 is 16.8 Å². The molecule has 6 heteroatoms. The summed E-state index contributed by atoms with van der Waals surface area (Å²) in [6.45, 7) is 3.92. The van der Waals surface area contributed by atoms with Gasteiger partial charge in [0.2, 0.25) is 0 Å². The summed E-state index contributed by atoms with van der Waals surface area (Å²) in [6, 6.07) is -0.411. The van der Waals surface area contributed by atoms with Gasteiger partial charge in [0, 0.05) is 0 Å². The first kappa shape index (κ1) is 13.3. The summed E-state index contributed by atoms with van der Waals surface area (Å²) in [6.07, 6.45) is -1.88. The predicted octanol–water partition coefficient (Wildman–Crippen LogP) is -0.0146. The van der Waals surface area contributed by atoms with E-state index in [2.05, 4.69) is 18.8 Å². The number of aliphatic hydroxyl groups is 3. The molecule has 0 aromatic rings. The zero-order valence-electron chi connectivity index (χ0n) is 9.98. The van der Waals surface area contributed by atoms with Crippen LogP contribution in [0.1, 0.15) is 20.3 Å². The second kappa shape index (κ2) is 5.24. The molecule has 17 heavy (non-hydrogen) atoms. The molecule has 98 valence electrons. The summed E-state index contributed by atoms with van der Waals surface area (Å²) >= 11 is 1.49. The third-order valence-electron chi connectivity index (χ3n) is 2.98. The fourth-order valence-electron chi connectivity index (χ4n) is 2.08. The van der Waals surface area contributed by atoms with Gasteiger partial charge in [-0.15, -0.1) is 0 Å². The van der Waals surface area contributed by atoms with E-state index in [0.717, 1.165) is 11.5 Å². The van der Waals surface area contributed by atoms with E-state index in [1.165, 1.54) is 11.8 Å². The van der Waals surface area contributed by atoms with Gasteiger partial charge in [0.1, 0.15) is 29.8 Å². The van der Waals surface area contributed by atoms with Gasteiger partial charge in [-0.1, -0.05) is 25.6 Å². The standard InChI is InChI=1S/C11H19NO4S/c1-5(2)3-7-12-8-10(15)9(14)6(4-13)16-11(8)17-7/h5-6,8-11,13-15H,3-4H2,1-2H3/t6?,8?,9-,10?,11-/m1/s1. The van der Waals surface area contributed by atoms with Crippen molar-refractivity contribution in [3.8, 4) is 0 Å². The number of fused-ring (bicyclic) bond motifs is 1. The largest absolute Gasteiger partial charge is 0.394 e. The number of rotatable bonds is 3. The lowest BCUT2D eigenvalue weighted by Gasteiger charge is -2.37. The van der Waals surface area contributed by atoms with Gasteiger partial charge in [-0.25, -0.2) is 0 Å². The highest BCUT2D eigenvalue weighted by molar-refractivity contribution is 8.14. The quantitative estimate of drug-likeness (QED) is 0.665. The molecule has 2 aliphatic heterocycles. The Morgan fingerprint density at radius 2 is 2.06 bits per heavy atom. The van der Waals surface area contributed by atoms with Crippen molar-refractivity contribution in [2.24, 2.45) is 10.9 Å². The first-order valence-electron chi connectivity index (χ1n) is 5.88. The molecule has 0 saturated carbocycles. The molecule has 0 amide bonds. The number of hydrogen-bond acceptors (Lipinski definition) is 6. The number of aliphatic imine (C=N–C) groups is 1. The van der Waals surface area contributed by atoms with Gasteiger partial charge in [0.05, 0.1) is 11.7 Å². The molecule has 0 spiro atoms. The summed E-state index contributed by atoms with van der Waals surface area (Å²) in [4.78, 5) is 4.41. The average molecular weight is 261 g/mol. The average Bonchev–Trinajstić information content (AvgIpc) is 2.65. The summed E-state index contributed by atoms with van der Waals surface area (Å²) in [7, 11) is 0. The van der Waals surface area contributed by atoms with Gasteiger partial charge in [0.15, 0.2) is 0 Å². The van der Waals surface area contributed by atoms with E-state index >= 15 is 0 Å². The fourth-order valence-corrected chi connectivity index (χ4v) is 3.52. The maximum Gasteiger partial charge on any atom is 0.134 e. The van der Waals surface area contributed by atoms with Crippen LogP contribution in [-0.2, 0) is 4.74 Å². The SMILES string of the molecule is CC(C)CC1=NC2C(O)[C@H](O)C(CO)O[C@@H]2S1. The van der Waals surface area contributed by atoms with Crippen LogP contribution in [0.25, 0.3) is 0 Å². The monoisotopic (exact) mass is 261 g/mol. The van der Waals surface area contributed by atoms with Gasteiger partial charge in [-0.3, -0.25) is 4.99 Å². The minimum absolute atomic E-state index is 0.278. The van der Waals surface area contributed by atoms with Gasteiger partial charge in [-0.2, -0.15) is 0 Å². The predicted molar refractivity (Wildman–Crippen MR) is 66.0 cm³/mol. The lowest BCUT2D eigenvalue weighted by Crippen LogP contribution is -2.55. The Balaban J connectivity index is 2.06. The van der Waals surface area contributed by atoms with Crippen LogP contribution in [0, 0.1) is 5.92 Å². The Hall–Kier alpha value is -0.140. The Kier molecular flexibility index (Phi) is 4.10. The number of nitrogens with zero attached hydrogens (tertiary/aromatic N) is 1. The van der Waals surface area contributed by atoms with Gasteiger partial charge < -0.3 is 20.1 Å². The molecule has 1 saturated heterocycles. The van der Waals surface area contributed by atoms with Crippen LogP contribution in [0.15, 0.2) is 4.99 Å². The number of aliphatic hydroxyl groups excluding tert-OH is 3. The molecule has 0 aromatic heterocycles. The van der Waals surface area contributed by atoms with Crippen molar-refractivity contribution in [3.05, 3.63) is 0 Å².